The number of phenols is 1. The Hall–Kier alpha value is -2.11. The summed E-state index contributed by atoms with van der Waals surface area (Å²) >= 11 is 10.8. The van der Waals surface area contributed by atoms with Crippen LogP contribution < -0.4 is 11.1 Å². The summed E-state index contributed by atoms with van der Waals surface area (Å²) in [5.74, 6) is -0.437. The van der Waals surface area contributed by atoms with Gasteiger partial charge < -0.3 is 16.2 Å². The molecule has 0 aliphatic rings. The SMILES string of the molecule is Cc1cccc(NC(=O)c2ccc(O)c(Cl)c2)c1C(N)=S. The van der Waals surface area contributed by atoms with Gasteiger partial charge in [0, 0.05) is 11.1 Å². The fraction of sp³-hybridized carbons (Fsp3) is 0.0667. The van der Waals surface area contributed by atoms with Gasteiger partial charge in [0.15, 0.2) is 0 Å². The van der Waals surface area contributed by atoms with Crippen LogP contribution in [0.15, 0.2) is 36.4 Å². The summed E-state index contributed by atoms with van der Waals surface area (Å²) in [4.78, 5) is 12.4. The topological polar surface area (TPSA) is 75.3 Å². The number of hydrogen-bond acceptors (Lipinski definition) is 3. The van der Waals surface area contributed by atoms with Crippen molar-refractivity contribution in [1.82, 2.24) is 0 Å². The van der Waals surface area contributed by atoms with E-state index < -0.39 is 0 Å². The highest BCUT2D eigenvalue weighted by atomic mass is 35.5. The lowest BCUT2D eigenvalue weighted by molar-refractivity contribution is 0.102. The number of hydrogen-bond donors (Lipinski definition) is 3. The number of nitrogens with two attached hydrogens (primary N) is 1. The fourth-order valence-corrected chi connectivity index (χ4v) is 2.39. The molecular weight excluding hydrogens is 308 g/mol. The number of halogens is 1. The van der Waals surface area contributed by atoms with E-state index in [1.54, 1.807) is 12.1 Å². The maximum atomic E-state index is 12.2. The molecule has 0 saturated carbocycles. The molecule has 0 bridgehead atoms. The smallest absolute Gasteiger partial charge is 0.255 e. The Morgan fingerprint density at radius 1 is 1.33 bits per heavy atom. The maximum absolute atomic E-state index is 12.2. The van der Waals surface area contributed by atoms with Gasteiger partial charge in [-0.3, -0.25) is 4.79 Å². The minimum atomic E-state index is -0.361. The Labute approximate surface area is 132 Å². The summed E-state index contributed by atoms with van der Waals surface area (Å²) in [6, 6.07) is 9.62. The van der Waals surface area contributed by atoms with Gasteiger partial charge in [-0.15, -0.1) is 0 Å². The molecule has 0 spiro atoms. The number of aryl methyl sites for hydroxylation is 1. The molecule has 2 aromatic rings. The zero-order valence-corrected chi connectivity index (χ0v) is 12.8. The summed E-state index contributed by atoms with van der Waals surface area (Å²) in [5, 5.41) is 12.2. The van der Waals surface area contributed by atoms with Gasteiger partial charge in [0.25, 0.3) is 5.91 Å². The highest BCUT2D eigenvalue weighted by Gasteiger charge is 2.13. The summed E-state index contributed by atoms with van der Waals surface area (Å²) in [7, 11) is 0. The Bertz CT molecular complexity index is 732. The van der Waals surface area contributed by atoms with Gasteiger partial charge in [-0.2, -0.15) is 0 Å². The van der Waals surface area contributed by atoms with Crippen LogP contribution in [0.5, 0.6) is 5.75 Å². The third-order valence-electron chi connectivity index (χ3n) is 2.98. The third-order valence-corrected chi connectivity index (χ3v) is 3.48. The van der Waals surface area contributed by atoms with Crippen molar-refractivity contribution in [3.05, 3.63) is 58.1 Å². The van der Waals surface area contributed by atoms with Crippen LogP contribution in [0.2, 0.25) is 5.02 Å². The summed E-state index contributed by atoms with van der Waals surface area (Å²) < 4.78 is 0. The van der Waals surface area contributed by atoms with Crippen molar-refractivity contribution in [2.45, 2.75) is 6.92 Å². The highest BCUT2D eigenvalue weighted by molar-refractivity contribution is 7.80. The van der Waals surface area contributed by atoms with Gasteiger partial charge in [-0.25, -0.2) is 0 Å². The quantitative estimate of drug-likeness (QED) is 0.759. The Morgan fingerprint density at radius 3 is 2.67 bits per heavy atom. The van der Waals surface area contributed by atoms with Crippen LogP contribution in [0.3, 0.4) is 0 Å². The second-order valence-corrected chi connectivity index (χ2v) is 5.33. The first-order valence-corrected chi connectivity index (χ1v) is 6.88. The van der Waals surface area contributed by atoms with Crippen LogP contribution in [0, 0.1) is 6.92 Å². The van der Waals surface area contributed by atoms with E-state index in [1.807, 2.05) is 13.0 Å². The number of amides is 1. The average molecular weight is 321 g/mol. The molecule has 0 saturated heterocycles. The molecule has 21 heavy (non-hydrogen) atoms. The van der Waals surface area contributed by atoms with Crippen molar-refractivity contribution in [3.8, 4) is 5.75 Å². The molecule has 4 N–H and O–H groups in total. The van der Waals surface area contributed by atoms with Crippen molar-refractivity contribution in [2.75, 3.05) is 5.32 Å². The normalized spacial score (nSPS) is 10.2. The fourth-order valence-electron chi connectivity index (χ4n) is 1.94. The Balaban J connectivity index is 2.34. The number of carbonyl (C=O) groups excluding carboxylic acids is 1. The largest absolute Gasteiger partial charge is 0.506 e. The number of thiocarbonyl (C=S) groups is 1. The van der Waals surface area contributed by atoms with Gasteiger partial charge in [0.05, 0.1) is 10.7 Å². The van der Waals surface area contributed by atoms with E-state index in [0.29, 0.717) is 16.8 Å². The van der Waals surface area contributed by atoms with Crippen molar-refractivity contribution in [3.63, 3.8) is 0 Å². The summed E-state index contributed by atoms with van der Waals surface area (Å²) in [6.45, 7) is 1.86. The van der Waals surface area contributed by atoms with Crippen LogP contribution in [0.25, 0.3) is 0 Å². The van der Waals surface area contributed by atoms with Crippen LogP contribution in [-0.4, -0.2) is 16.0 Å². The van der Waals surface area contributed by atoms with E-state index in [2.05, 4.69) is 5.32 Å². The summed E-state index contributed by atoms with van der Waals surface area (Å²) in [5.41, 5.74) is 8.07. The number of aromatic hydroxyl groups is 1. The molecule has 0 heterocycles. The third kappa shape index (κ3) is 3.32. The molecular formula is C15H13ClN2O2S. The molecule has 0 atom stereocenters. The van der Waals surface area contributed by atoms with Gasteiger partial charge in [-0.1, -0.05) is 36.0 Å². The molecule has 0 aromatic heterocycles. The highest BCUT2D eigenvalue weighted by Crippen LogP contribution is 2.25. The molecule has 1 amide bonds. The second kappa shape index (κ2) is 6.11. The first-order valence-electron chi connectivity index (χ1n) is 6.09. The van der Waals surface area contributed by atoms with E-state index >= 15 is 0 Å². The predicted molar refractivity (Wildman–Crippen MR) is 88.1 cm³/mol. The zero-order valence-electron chi connectivity index (χ0n) is 11.2. The summed E-state index contributed by atoms with van der Waals surface area (Å²) in [6.07, 6.45) is 0. The zero-order chi connectivity index (χ0) is 15.6. The predicted octanol–water partition coefficient (Wildman–Crippen LogP) is 3.24. The molecule has 2 rings (SSSR count). The first-order chi connectivity index (χ1) is 9.90. The molecule has 0 unspecified atom stereocenters. The number of rotatable bonds is 3. The molecule has 108 valence electrons. The lowest BCUT2D eigenvalue weighted by atomic mass is 10.1. The van der Waals surface area contributed by atoms with Crippen molar-refractivity contribution < 1.29 is 9.90 Å². The van der Waals surface area contributed by atoms with E-state index in [4.69, 9.17) is 29.6 Å². The number of nitrogens with one attached hydrogen (secondary N) is 1. The van der Waals surface area contributed by atoms with Crippen molar-refractivity contribution >= 4 is 40.4 Å². The van der Waals surface area contributed by atoms with Crippen LogP contribution in [0.1, 0.15) is 21.5 Å². The molecule has 0 radical (unpaired) electrons. The molecule has 6 heteroatoms. The standard InChI is InChI=1S/C15H13ClN2O2S/c1-8-3-2-4-11(13(8)14(17)21)18-15(20)9-5-6-12(19)10(16)7-9/h2-7,19H,1H3,(H2,17,21)(H,18,20). The van der Waals surface area contributed by atoms with E-state index in [9.17, 15) is 9.90 Å². The molecule has 0 aliphatic carbocycles. The lowest BCUT2D eigenvalue weighted by Crippen LogP contribution is -2.18. The average Bonchev–Trinajstić information content (AvgIpc) is 2.41. The van der Waals surface area contributed by atoms with Gasteiger partial charge >= 0.3 is 0 Å². The molecule has 2 aromatic carbocycles. The molecule has 4 nitrogen and oxygen atoms in total. The van der Waals surface area contributed by atoms with Gasteiger partial charge in [0.1, 0.15) is 10.7 Å². The van der Waals surface area contributed by atoms with Crippen molar-refractivity contribution in [1.29, 1.82) is 0 Å². The van der Waals surface area contributed by atoms with Crippen LogP contribution >= 0.6 is 23.8 Å². The lowest BCUT2D eigenvalue weighted by Gasteiger charge is -2.12. The Morgan fingerprint density at radius 2 is 2.05 bits per heavy atom. The van der Waals surface area contributed by atoms with E-state index in [0.717, 1.165) is 5.56 Å². The number of benzene rings is 2. The molecule has 0 aliphatic heterocycles. The minimum absolute atomic E-state index is 0.0763. The first kappa shape index (κ1) is 15.3. The van der Waals surface area contributed by atoms with Gasteiger partial charge in [0.2, 0.25) is 0 Å². The second-order valence-electron chi connectivity index (χ2n) is 4.48. The number of phenolic OH excluding ortho intramolecular Hbond substituents is 1. The number of anilines is 1. The molecule has 0 fully saturated rings. The monoisotopic (exact) mass is 320 g/mol. The van der Waals surface area contributed by atoms with Crippen LogP contribution in [-0.2, 0) is 0 Å². The van der Waals surface area contributed by atoms with E-state index in [-0.39, 0.29) is 21.7 Å². The van der Waals surface area contributed by atoms with Crippen molar-refractivity contribution in [2.24, 2.45) is 5.73 Å². The van der Waals surface area contributed by atoms with Crippen LogP contribution in [0.4, 0.5) is 5.69 Å². The maximum Gasteiger partial charge on any atom is 0.255 e. The van der Waals surface area contributed by atoms with E-state index in [1.165, 1.54) is 18.2 Å². The Kier molecular flexibility index (Phi) is 4.45. The van der Waals surface area contributed by atoms with Gasteiger partial charge in [-0.05, 0) is 36.8 Å². The number of carbonyl (C=O) groups is 1. The minimum Gasteiger partial charge on any atom is -0.506 e.